The number of aryl methyl sites for hydroxylation is 1. The predicted molar refractivity (Wildman–Crippen MR) is 173 cm³/mol. The molecular weight excluding hydrogens is 576 g/mol. The first-order chi connectivity index (χ1) is 21.5. The fraction of sp³-hybridized carbons (Fsp3) is 0.441. The number of aromatic nitrogens is 4. The Morgan fingerprint density at radius 2 is 1.91 bits per heavy atom. The van der Waals surface area contributed by atoms with Crippen LogP contribution in [0.25, 0.3) is 16.7 Å². The summed E-state index contributed by atoms with van der Waals surface area (Å²) in [6.45, 7) is 14.4. The van der Waals surface area contributed by atoms with Crippen LogP contribution in [0.4, 0.5) is 14.6 Å². The van der Waals surface area contributed by atoms with Crippen molar-refractivity contribution in [1.29, 1.82) is 0 Å². The molecule has 238 valence electrons. The summed E-state index contributed by atoms with van der Waals surface area (Å²) in [5.74, 6) is -2.38. The Labute approximate surface area is 262 Å². The van der Waals surface area contributed by atoms with Crippen LogP contribution in [0, 0.1) is 11.7 Å². The van der Waals surface area contributed by atoms with Crippen LogP contribution in [0.3, 0.4) is 0 Å². The molecule has 0 spiro atoms. The molecule has 0 aromatic carbocycles. The second kappa shape index (κ2) is 13.0. The smallest absolute Gasteiger partial charge is 0.349 e. The van der Waals surface area contributed by atoms with Crippen LogP contribution in [0.5, 0.6) is 0 Å². The van der Waals surface area contributed by atoms with Crippen molar-refractivity contribution in [2.24, 2.45) is 11.7 Å². The van der Waals surface area contributed by atoms with E-state index in [9.17, 15) is 9.59 Å². The number of hydrogen-bond donors (Lipinski definition) is 1. The minimum absolute atomic E-state index is 0.0705. The number of nitrogens with zero attached hydrogens (tertiary/aromatic N) is 6. The zero-order valence-electron chi connectivity index (χ0n) is 26.5. The number of rotatable bonds is 8. The molecule has 2 N–H and O–H groups in total. The lowest BCUT2D eigenvalue weighted by Gasteiger charge is -2.44. The van der Waals surface area contributed by atoms with Gasteiger partial charge in [-0.2, -0.15) is 4.98 Å². The summed E-state index contributed by atoms with van der Waals surface area (Å²) in [5.41, 5.74) is 7.31. The fourth-order valence-electron chi connectivity index (χ4n) is 6.30. The van der Waals surface area contributed by atoms with E-state index in [2.05, 4.69) is 16.5 Å². The van der Waals surface area contributed by atoms with Gasteiger partial charge in [-0.25, -0.2) is 23.1 Å². The topological polar surface area (TPSA) is 110 Å². The van der Waals surface area contributed by atoms with Crippen LogP contribution in [0.15, 0.2) is 59.8 Å². The van der Waals surface area contributed by atoms with Gasteiger partial charge in [-0.3, -0.25) is 9.78 Å². The van der Waals surface area contributed by atoms with E-state index in [1.807, 2.05) is 45.6 Å². The van der Waals surface area contributed by atoms with Crippen molar-refractivity contribution in [1.82, 2.24) is 24.4 Å². The molecule has 3 aromatic rings. The van der Waals surface area contributed by atoms with Crippen molar-refractivity contribution in [2.45, 2.75) is 71.4 Å². The van der Waals surface area contributed by atoms with Gasteiger partial charge in [0.15, 0.2) is 5.65 Å². The first-order valence-electron chi connectivity index (χ1n) is 15.5. The number of nitrogens with two attached hydrogens (primary N) is 1. The fourth-order valence-corrected chi connectivity index (χ4v) is 6.30. The zero-order chi connectivity index (χ0) is 32.6. The Bertz CT molecular complexity index is 1750. The minimum Gasteiger partial charge on any atom is -0.349 e. The molecular formula is C34H41F2N7O2. The Balaban J connectivity index is 1.81. The van der Waals surface area contributed by atoms with Crippen molar-refractivity contribution >= 4 is 22.8 Å². The van der Waals surface area contributed by atoms with E-state index in [0.29, 0.717) is 49.2 Å². The quantitative estimate of drug-likeness (QED) is 0.277. The van der Waals surface area contributed by atoms with Gasteiger partial charge in [0.25, 0.3) is 0 Å². The number of allylic oxidation sites excluding steroid dienone is 4. The van der Waals surface area contributed by atoms with Gasteiger partial charge in [0, 0.05) is 31.4 Å². The van der Waals surface area contributed by atoms with Crippen LogP contribution in [0.2, 0.25) is 0 Å². The van der Waals surface area contributed by atoms with Crippen LogP contribution in [0.1, 0.15) is 69.8 Å². The van der Waals surface area contributed by atoms with Crippen molar-refractivity contribution in [2.75, 3.05) is 24.5 Å². The van der Waals surface area contributed by atoms with E-state index in [4.69, 9.17) is 10.7 Å². The number of amides is 1. The van der Waals surface area contributed by atoms with Crippen molar-refractivity contribution in [3.05, 3.63) is 88.3 Å². The molecule has 3 aromatic heterocycles. The molecule has 0 radical (unpaired) electrons. The highest BCUT2D eigenvalue weighted by atomic mass is 19.1. The Morgan fingerprint density at radius 3 is 2.58 bits per heavy atom. The lowest BCUT2D eigenvalue weighted by Crippen LogP contribution is -2.58. The summed E-state index contributed by atoms with van der Waals surface area (Å²) >= 11 is 0. The van der Waals surface area contributed by atoms with Crippen LogP contribution in [-0.2, 0) is 11.2 Å². The maximum atomic E-state index is 16.1. The Kier molecular flexibility index (Phi) is 9.29. The lowest BCUT2D eigenvalue weighted by molar-refractivity contribution is -0.128. The predicted octanol–water partition coefficient (Wildman–Crippen LogP) is 5.08. The van der Waals surface area contributed by atoms with Gasteiger partial charge >= 0.3 is 5.69 Å². The van der Waals surface area contributed by atoms with E-state index >= 15 is 8.78 Å². The third-order valence-corrected chi connectivity index (χ3v) is 8.62. The van der Waals surface area contributed by atoms with Crippen LogP contribution >= 0.6 is 0 Å². The second-order valence-corrected chi connectivity index (χ2v) is 12.3. The first kappa shape index (κ1) is 32.2. The third kappa shape index (κ3) is 6.05. The van der Waals surface area contributed by atoms with Gasteiger partial charge < -0.3 is 15.5 Å². The summed E-state index contributed by atoms with van der Waals surface area (Å²) in [5, 5.41) is 0.305. The van der Waals surface area contributed by atoms with E-state index < -0.39 is 23.3 Å². The summed E-state index contributed by atoms with van der Waals surface area (Å²) in [4.78, 5) is 44.3. The number of anilines is 1. The average Bonchev–Trinajstić information content (AvgIpc) is 3.00. The van der Waals surface area contributed by atoms with Gasteiger partial charge in [-0.05, 0) is 74.9 Å². The molecule has 45 heavy (non-hydrogen) atoms. The number of fused-ring (bicyclic) bond motifs is 1. The Hall–Kier alpha value is -4.25. The molecule has 2 unspecified atom stereocenters. The summed E-state index contributed by atoms with van der Waals surface area (Å²) in [6, 6.07) is 2.66. The summed E-state index contributed by atoms with van der Waals surface area (Å²) in [6.07, 6.45) is 9.09. The van der Waals surface area contributed by atoms with Gasteiger partial charge in [-0.15, -0.1) is 0 Å². The zero-order valence-corrected chi connectivity index (χ0v) is 26.5. The molecule has 1 fully saturated rings. The number of carbonyl (C=O) groups excluding carboxylic acids is 1. The molecule has 11 heteroatoms. The van der Waals surface area contributed by atoms with Crippen molar-refractivity contribution < 1.29 is 13.6 Å². The highest BCUT2D eigenvalue weighted by molar-refractivity contribution is 5.90. The Morgan fingerprint density at radius 1 is 1.16 bits per heavy atom. The maximum absolute atomic E-state index is 16.1. The molecule has 0 bridgehead atoms. The SMILES string of the molecule is C=CC(=O)N1C[C@H](C)N(c2nc(=O)n(-c3c(CCCN)ccnc3C(C)C)c3nc(C4C=CC(C)C=C4F)c(F)cc23)C[C@H]1C. The molecule has 4 atom stereocenters. The minimum atomic E-state index is -1.03. The number of piperazine rings is 1. The standard InChI is InChI=1S/C34H41F2N7O2/c1-7-28(44)41-17-22(6)42(18-21(41)5)32-25-16-27(36)30(24-11-10-20(4)15-26(24)35)39-33(25)43(34(45)40-32)31-23(9-8-13-37)12-14-38-29(31)19(2)3/h7,10-12,14-16,19-22,24H,1,8-9,13,17-18,37H2,2-6H3/t20?,21-,22+,24?/m1/s1. The monoisotopic (exact) mass is 617 g/mol. The number of pyridine rings is 2. The van der Waals surface area contributed by atoms with Gasteiger partial charge in [0.2, 0.25) is 5.91 Å². The molecule has 5 rings (SSSR count). The largest absolute Gasteiger partial charge is 0.355 e. The third-order valence-electron chi connectivity index (χ3n) is 8.62. The molecule has 1 saturated heterocycles. The highest BCUT2D eigenvalue weighted by Crippen LogP contribution is 2.37. The van der Waals surface area contributed by atoms with Gasteiger partial charge in [-0.1, -0.05) is 39.5 Å². The van der Waals surface area contributed by atoms with Gasteiger partial charge in [0.05, 0.1) is 28.4 Å². The summed E-state index contributed by atoms with van der Waals surface area (Å²) < 4.78 is 32.8. The van der Waals surface area contributed by atoms with E-state index in [1.54, 1.807) is 23.2 Å². The maximum Gasteiger partial charge on any atom is 0.355 e. The molecule has 2 aliphatic rings. The molecule has 4 heterocycles. The molecule has 9 nitrogen and oxygen atoms in total. The molecule has 1 amide bonds. The second-order valence-electron chi connectivity index (χ2n) is 12.3. The van der Waals surface area contributed by atoms with Crippen LogP contribution in [-0.4, -0.2) is 62.0 Å². The molecule has 1 aliphatic heterocycles. The summed E-state index contributed by atoms with van der Waals surface area (Å²) in [7, 11) is 0. The molecule has 1 aliphatic carbocycles. The lowest BCUT2D eigenvalue weighted by atomic mass is 9.92. The van der Waals surface area contributed by atoms with Crippen LogP contribution < -0.4 is 16.3 Å². The van der Waals surface area contributed by atoms with Crippen molar-refractivity contribution in [3.63, 3.8) is 0 Å². The highest BCUT2D eigenvalue weighted by Gasteiger charge is 2.35. The number of carbonyl (C=O) groups is 1. The van der Waals surface area contributed by atoms with E-state index in [1.165, 1.54) is 22.8 Å². The van der Waals surface area contributed by atoms with E-state index in [-0.39, 0.29) is 47.0 Å². The van der Waals surface area contributed by atoms with Crippen molar-refractivity contribution in [3.8, 4) is 5.69 Å². The van der Waals surface area contributed by atoms with Gasteiger partial charge in [0.1, 0.15) is 17.5 Å². The molecule has 0 saturated carbocycles. The first-order valence-corrected chi connectivity index (χ1v) is 15.5. The average molecular weight is 618 g/mol. The number of hydrogen-bond acceptors (Lipinski definition) is 7. The number of halogens is 2. The van der Waals surface area contributed by atoms with E-state index in [0.717, 1.165) is 5.56 Å². The normalized spacial score (nSPS) is 21.8.